The summed E-state index contributed by atoms with van der Waals surface area (Å²) in [6, 6.07) is 4.09. The molecule has 2 N–H and O–H groups in total. The average molecular weight is 291 g/mol. The van der Waals surface area contributed by atoms with Crippen molar-refractivity contribution < 1.29 is 14.2 Å². The Kier molecular flexibility index (Phi) is 4.24. The molecule has 1 fully saturated rings. The van der Waals surface area contributed by atoms with Gasteiger partial charge in [-0.05, 0) is 50.2 Å². The maximum Gasteiger partial charge on any atom is 0.231 e. The predicted octanol–water partition coefficient (Wildman–Crippen LogP) is 3.26. The first-order chi connectivity index (χ1) is 10.1. The highest BCUT2D eigenvalue weighted by atomic mass is 16.7. The molecule has 1 heterocycles. The van der Waals surface area contributed by atoms with Gasteiger partial charge >= 0.3 is 0 Å². The second kappa shape index (κ2) is 6.14. The molecule has 0 amide bonds. The lowest BCUT2D eigenvalue weighted by Crippen LogP contribution is -2.25. The van der Waals surface area contributed by atoms with Crippen molar-refractivity contribution in [3.63, 3.8) is 0 Å². The molecule has 116 valence electrons. The first-order valence-corrected chi connectivity index (χ1v) is 7.96. The fourth-order valence-corrected chi connectivity index (χ4v) is 3.25. The van der Waals surface area contributed by atoms with E-state index in [2.05, 4.69) is 6.92 Å². The molecule has 0 aromatic heterocycles. The van der Waals surface area contributed by atoms with Crippen molar-refractivity contribution in [2.24, 2.45) is 11.7 Å². The number of rotatable bonds is 4. The van der Waals surface area contributed by atoms with Crippen LogP contribution in [0.4, 0.5) is 0 Å². The van der Waals surface area contributed by atoms with Crippen LogP contribution in [0.2, 0.25) is 0 Å². The van der Waals surface area contributed by atoms with Gasteiger partial charge in [0, 0.05) is 12.1 Å². The largest absolute Gasteiger partial charge is 0.490 e. The van der Waals surface area contributed by atoms with Crippen molar-refractivity contribution in [2.75, 3.05) is 6.79 Å². The Hall–Kier alpha value is -1.42. The molecule has 1 aliphatic heterocycles. The molecule has 1 aliphatic carbocycles. The molecule has 4 nitrogen and oxygen atoms in total. The summed E-state index contributed by atoms with van der Waals surface area (Å²) in [5, 5.41) is 0. The Morgan fingerprint density at radius 3 is 2.76 bits per heavy atom. The molecule has 4 heteroatoms. The highest BCUT2D eigenvalue weighted by Gasteiger charge is 2.24. The molecule has 21 heavy (non-hydrogen) atoms. The van der Waals surface area contributed by atoms with Crippen LogP contribution in [0.25, 0.3) is 0 Å². The average Bonchev–Trinajstić information content (AvgIpc) is 2.85. The van der Waals surface area contributed by atoms with Gasteiger partial charge in [0.05, 0.1) is 6.10 Å². The summed E-state index contributed by atoms with van der Waals surface area (Å²) in [6.45, 7) is 4.60. The van der Waals surface area contributed by atoms with E-state index < -0.39 is 0 Å². The van der Waals surface area contributed by atoms with Crippen LogP contribution in [0.5, 0.6) is 17.2 Å². The summed E-state index contributed by atoms with van der Waals surface area (Å²) in [6.07, 6.45) is 5.92. The first-order valence-electron chi connectivity index (χ1n) is 7.96. The van der Waals surface area contributed by atoms with Crippen molar-refractivity contribution in [3.8, 4) is 17.2 Å². The zero-order valence-electron chi connectivity index (χ0n) is 12.9. The third-order valence-electron chi connectivity index (χ3n) is 4.28. The van der Waals surface area contributed by atoms with Gasteiger partial charge in [-0.3, -0.25) is 0 Å². The van der Waals surface area contributed by atoms with E-state index >= 15 is 0 Å². The molecular weight excluding hydrogens is 266 g/mol. The quantitative estimate of drug-likeness (QED) is 0.925. The summed E-state index contributed by atoms with van der Waals surface area (Å²) >= 11 is 0. The molecule has 3 unspecified atom stereocenters. The summed E-state index contributed by atoms with van der Waals surface area (Å²) in [4.78, 5) is 0. The van der Waals surface area contributed by atoms with Gasteiger partial charge < -0.3 is 19.9 Å². The Labute approximate surface area is 126 Å². The van der Waals surface area contributed by atoms with Gasteiger partial charge in [0.15, 0.2) is 11.5 Å². The minimum Gasteiger partial charge on any atom is -0.490 e. The van der Waals surface area contributed by atoms with E-state index in [-0.39, 0.29) is 12.8 Å². The summed E-state index contributed by atoms with van der Waals surface area (Å²) in [5.74, 6) is 3.24. The van der Waals surface area contributed by atoms with Crippen LogP contribution in [-0.4, -0.2) is 18.9 Å². The highest BCUT2D eigenvalue weighted by Crippen LogP contribution is 2.40. The molecular formula is C17H25NO3. The van der Waals surface area contributed by atoms with E-state index in [1.165, 1.54) is 12.8 Å². The highest BCUT2D eigenvalue weighted by molar-refractivity contribution is 5.52. The number of ether oxygens (including phenoxy) is 3. The zero-order chi connectivity index (χ0) is 14.8. The van der Waals surface area contributed by atoms with Crippen LogP contribution >= 0.6 is 0 Å². The molecule has 0 spiro atoms. The van der Waals surface area contributed by atoms with Crippen molar-refractivity contribution in [3.05, 3.63) is 17.7 Å². The molecule has 2 aliphatic rings. The lowest BCUT2D eigenvalue weighted by molar-refractivity contribution is 0.127. The Morgan fingerprint density at radius 2 is 2.05 bits per heavy atom. The first kappa shape index (κ1) is 14.5. The van der Waals surface area contributed by atoms with E-state index in [0.717, 1.165) is 48.0 Å². The molecule has 0 bridgehead atoms. The van der Waals surface area contributed by atoms with Crippen LogP contribution in [0.15, 0.2) is 12.1 Å². The summed E-state index contributed by atoms with van der Waals surface area (Å²) < 4.78 is 17.2. The fraction of sp³-hybridized carbons (Fsp3) is 0.647. The van der Waals surface area contributed by atoms with Crippen LogP contribution in [-0.2, 0) is 6.42 Å². The molecule has 1 aromatic carbocycles. The van der Waals surface area contributed by atoms with Gasteiger partial charge in [0.2, 0.25) is 6.79 Å². The van der Waals surface area contributed by atoms with E-state index in [1.54, 1.807) is 0 Å². The second-order valence-electron chi connectivity index (χ2n) is 6.51. The van der Waals surface area contributed by atoms with Gasteiger partial charge in [-0.25, -0.2) is 0 Å². The topological polar surface area (TPSA) is 53.7 Å². The fourth-order valence-electron chi connectivity index (χ4n) is 3.25. The van der Waals surface area contributed by atoms with Gasteiger partial charge in [-0.2, -0.15) is 0 Å². The third kappa shape index (κ3) is 3.43. The van der Waals surface area contributed by atoms with Gasteiger partial charge in [0.25, 0.3) is 0 Å². The van der Waals surface area contributed by atoms with Crippen LogP contribution in [0, 0.1) is 5.92 Å². The summed E-state index contributed by atoms with van der Waals surface area (Å²) in [7, 11) is 0. The number of benzene rings is 1. The molecule has 1 saturated carbocycles. The maximum absolute atomic E-state index is 6.29. The smallest absolute Gasteiger partial charge is 0.231 e. The van der Waals surface area contributed by atoms with Gasteiger partial charge in [-0.15, -0.1) is 0 Å². The minimum absolute atomic E-state index is 0.0954. The molecule has 3 rings (SSSR count). The normalized spacial score (nSPS) is 25.7. The standard InChI is InChI=1S/C17H25NO3/c1-11-4-3-5-14(6-11)21-15-9-17-16(19-10-20-17)8-13(15)7-12(2)18/h8-9,11-12,14H,3-7,10,18H2,1-2H3. The van der Waals surface area contributed by atoms with E-state index in [9.17, 15) is 0 Å². The van der Waals surface area contributed by atoms with E-state index in [4.69, 9.17) is 19.9 Å². The third-order valence-corrected chi connectivity index (χ3v) is 4.28. The molecule has 0 saturated heterocycles. The number of hydrogen-bond acceptors (Lipinski definition) is 4. The Bertz CT molecular complexity index is 501. The SMILES string of the molecule is CC(N)Cc1cc2c(cc1OC1CCCC(C)C1)OCO2. The number of fused-ring (bicyclic) bond motifs is 1. The van der Waals surface area contributed by atoms with Gasteiger partial charge in [0.1, 0.15) is 5.75 Å². The van der Waals surface area contributed by atoms with Crippen molar-refractivity contribution in [1.82, 2.24) is 0 Å². The van der Waals surface area contributed by atoms with E-state index in [1.807, 2.05) is 19.1 Å². The molecule has 3 atom stereocenters. The Morgan fingerprint density at radius 1 is 1.29 bits per heavy atom. The van der Waals surface area contributed by atoms with Crippen molar-refractivity contribution in [1.29, 1.82) is 0 Å². The Balaban J connectivity index is 1.81. The molecule has 1 aromatic rings. The monoisotopic (exact) mass is 291 g/mol. The lowest BCUT2D eigenvalue weighted by atomic mass is 9.88. The summed E-state index contributed by atoms with van der Waals surface area (Å²) in [5.41, 5.74) is 7.08. The second-order valence-corrected chi connectivity index (χ2v) is 6.51. The van der Waals surface area contributed by atoms with E-state index in [0.29, 0.717) is 6.10 Å². The lowest BCUT2D eigenvalue weighted by Gasteiger charge is -2.28. The van der Waals surface area contributed by atoms with Crippen LogP contribution < -0.4 is 19.9 Å². The van der Waals surface area contributed by atoms with Crippen molar-refractivity contribution >= 4 is 0 Å². The van der Waals surface area contributed by atoms with Gasteiger partial charge in [-0.1, -0.05) is 13.3 Å². The van der Waals surface area contributed by atoms with Crippen LogP contribution in [0.3, 0.4) is 0 Å². The van der Waals surface area contributed by atoms with Crippen LogP contribution in [0.1, 0.15) is 45.1 Å². The zero-order valence-corrected chi connectivity index (χ0v) is 12.9. The number of nitrogens with two attached hydrogens (primary N) is 1. The molecule has 0 radical (unpaired) electrons. The van der Waals surface area contributed by atoms with Crippen molar-refractivity contribution in [2.45, 2.75) is 58.1 Å². The maximum atomic E-state index is 6.29. The minimum atomic E-state index is 0.0954. The predicted molar refractivity (Wildman–Crippen MR) is 82.0 cm³/mol. The number of hydrogen-bond donors (Lipinski definition) is 1.